The highest BCUT2D eigenvalue weighted by Gasteiger charge is 2.22. The molecule has 1 aromatic rings. The van der Waals surface area contributed by atoms with Crippen molar-refractivity contribution < 1.29 is 17.2 Å². The van der Waals surface area contributed by atoms with Gasteiger partial charge in [0.25, 0.3) is 16.4 Å². The number of hydrogen-bond donors (Lipinski definition) is 1. The topological polar surface area (TPSA) is 96.8 Å². The van der Waals surface area contributed by atoms with Gasteiger partial charge in [-0.25, -0.2) is 27.3 Å². The number of nitrogens with two attached hydrogens (primary N) is 1. The standard InChI is InChI=1S/C7H4BrF2N3O2S/c8-4-1-5(6(9)10)13-7(3(4)2-11)16(12,14)15/h1,6H,(H2,12,14,15). The molecular weight excluding hydrogens is 308 g/mol. The van der Waals surface area contributed by atoms with Gasteiger partial charge in [-0.05, 0) is 22.0 Å². The lowest BCUT2D eigenvalue weighted by Gasteiger charge is -2.06. The molecule has 0 bridgehead atoms. The predicted octanol–water partition coefficient (Wildman–Crippen LogP) is 1.30. The van der Waals surface area contributed by atoms with Crippen LogP contribution >= 0.6 is 15.9 Å². The fourth-order valence-corrected chi connectivity index (χ4v) is 2.24. The van der Waals surface area contributed by atoms with Gasteiger partial charge in [0.05, 0.1) is 0 Å². The van der Waals surface area contributed by atoms with Crippen molar-refractivity contribution in [1.82, 2.24) is 4.98 Å². The first kappa shape index (κ1) is 13.0. The number of nitriles is 1. The van der Waals surface area contributed by atoms with Crippen LogP contribution in [0.1, 0.15) is 17.7 Å². The second-order valence-corrected chi connectivity index (χ2v) is 5.00. The summed E-state index contributed by atoms with van der Waals surface area (Å²) in [6.45, 7) is 0. The minimum Gasteiger partial charge on any atom is -0.233 e. The maximum atomic E-state index is 12.3. The van der Waals surface area contributed by atoms with Crippen molar-refractivity contribution >= 4 is 26.0 Å². The highest BCUT2D eigenvalue weighted by atomic mass is 79.9. The van der Waals surface area contributed by atoms with E-state index in [4.69, 9.17) is 10.4 Å². The zero-order valence-electron chi connectivity index (χ0n) is 7.49. The van der Waals surface area contributed by atoms with E-state index in [1.54, 1.807) is 0 Å². The normalized spacial score (nSPS) is 11.5. The van der Waals surface area contributed by atoms with Crippen molar-refractivity contribution in [2.24, 2.45) is 5.14 Å². The first-order valence-corrected chi connectivity index (χ1v) is 6.02. The number of hydrogen-bond acceptors (Lipinski definition) is 4. The molecule has 0 saturated heterocycles. The van der Waals surface area contributed by atoms with E-state index in [2.05, 4.69) is 20.9 Å². The molecule has 0 unspecified atom stereocenters. The smallest absolute Gasteiger partial charge is 0.233 e. The summed E-state index contributed by atoms with van der Waals surface area (Å²) in [5.74, 6) is 0. The Morgan fingerprint density at radius 3 is 2.50 bits per heavy atom. The van der Waals surface area contributed by atoms with Gasteiger partial charge in [-0.1, -0.05) is 0 Å². The van der Waals surface area contributed by atoms with Gasteiger partial charge >= 0.3 is 0 Å². The summed E-state index contributed by atoms with van der Waals surface area (Å²) in [6, 6.07) is 2.40. The van der Waals surface area contributed by atoms with Gasteiger partial charge in [0.1, 0.15) is 17.3 Å². The van der Waals surface area contributed by atoms with Crippen LogP contribution in [-0.4, -0.2) is 13.4 Å². The molecule has 0 saturated carbocycles. The van der Waals surface area contributed by atoms with E-state index in [1.807, 2.05) is 0 Å². The van der Waals surface area contributed by atoms with E-state index < -0.39 is 32.7 Å². The van der Waals surface area contributed by atoms with E-state index in [0.717, 1.165) is 6.07 Å². The first-order chi connectivity index (χ1) is 7.27. The summed E-state index contributed by atoms with van der Waals surface area (Å²) in [4.78, 5) is 3.16. The molecule has 2 N–H and O–H groups in total. The lowest BCUT2D eigenvalue weighted by molar-refractivity contribution is 0.145. The fourth-order valence-electron chi connectivity index (χ4n) is 0.928. The van der Waals surface area contributed by atoms with Crippen molar-refractivity contribution in [1.29, 1.82) is 5.26 Å². The molecule has 0 aliphatic heterocycles. The zero-order valence-corrected chi connectivity index (χ0v) is 9.89. The van der Waals surface area contributed by atoms with Gasteiger partial charge in [-0.2, -0.15) is 5.26 Å². The number of halogens is 3. The van der Waals surface area contributed by atoms with Crippen LogP contribution < -0.4 is 5.14 Å². The second-order valence-electron chi connectivity index (χ2n) is 2.67. The lowest BCUT2D eigenvalue weighted by Crippen LogP contribution is -2.17. The third-order valence-corrected chi connectivity index (χ3v) is 3.02. The van der Waals surface area contributed by atoms with E-state index in [1.165, 1.54) is 6.07 Å². The van der Waals surface area contributed by atoms with Crippen molar-refractivity contribution in [3.63, 3.8) is 0 Å². The Hall–Kier alpha value is -1.11. The summed E-state index contributed by atoms with van der Waals surface area (Å²) in [6.07, 6.45) is -2.95. The molecule has 0 radical (unpaired) electrons. The van der Waals surface area contributed by atoms with E-state index >= 15 is 0 Å². The molecule has 1 rings (SSSR count). The van der Waals surface area contributed by atoms with Gasteiger partial charge in [0, 0.05) is 4.47 Å². The Morgan fingerprint density at radius 2 is 2.12 bits per heavy atom. The van der Waals surface area contributed by atoms with Gasteiger partial charge in [-0.15, -0.1) is 0 Å². The third-order valence-electron chi connectivity index (χ3n) is 1.56. The van der Waals surface area contributed by atoms with Crippen LogP contribution in [0.3, 0.4) is 0 Å². The van der Waals surface area contributed by atoms with Crippen LogP contribution in [0, 0.1) is 11.3 Å². The van der Waals surface area contributed by atoms with E-state index in [9.17, 15) is 17.2 Å². The van der Waals surface area contributed by atoms with Crippen LogP contribution in [0.4, 0.5) is 8.78 Å². The third kappa shape index (κ3) is 2.52. The van der Waals surface area contributed by atoms with Gasteiger partial charge in [0.15, 0.2) is 5.03 Å². The molecule has 5 nitrogen and oxygen atoms in total. The molecular formula is C7H4BrF2N3O2S. The molecule has 0 aliphatic carbocycles. The van der Waals surface area contributed by atoms with Crippen LogP contribution in [-0.2, 0) is 10.0 Å². The Labute approximate surface area is 98.1 Å². The Balaban J connectivity index is 3.64. The van der Waals surface area contributed by atoms with Crippen molar-refractivity contribution in [3.05, 3.63) is 21.8 Å². The number of pyridine rings is 1. The molecule has 0 fully saturated rings. The molecule has 0 aromatic carbocycles. The van der Waals surface area contributed by atoms with Gasteiger partial charge in [0.2, 0.25) is 0 Å². The largest absolute Gasteiger partial charge is 0.280 e. The van der Waals surface area contributed by atoms with Crippen LogP contribution in [0.15, 0.2) is 15.6 Å². The van der Waals surface area contributed by atoms with E-state index in [0.29, 0.717) is 0 Å². The maximum Gasteiger partial charge on any atom is 0.280 e. The molecule has 1 heterocycles. The molecule has 0 spiro atoms. The number of alkyl halides is 2. The summed E-state index contributed by atoms with van der Waals surface area (Å²) in [5.41, 5.74) is -1.16. The van der Waals surface area contributed by atoms with E-state index in [-0.39, 0.29) is 4.47 Å². The average Bonchev–Trinajstić information content (AvgIpc) is 2.14. The Morgan fingerprint density at radius 1 is 1.56 bits per heavy atom. The number of aromatic nitrogens is 1. The van der Waals surface area contributed by atoms with Crippen molar-refractivity contribution in [3.8, 4) is 6.07 Å². The molecule has 0 atom stereocenters. The van der Waals surface area contributed by atoms with Gasteiger partial charge in [-0.3, -0.25) is 0 Å². The summed E-state index contributed by atoms with van der Waals surface area (Å²) >= 11 is 2.80. The Bertz CT molecular complexity index is 568. The van der Waals surface area contributed by atoms with Crippen LogP contribution in [0.5, 0.6) is 0 Å². The Kier molecular flexibility index (Phi) is 3.57. The minimum absolute atomic E-state index is 0.0932. The highest BCUT2D eigenvalue weighted by molar-refractivity contribution is 9.10. The molecule has 0 amide bonds. The molecule has 86 valence electrons. The highest BCUT2D eigenvalue weighted by Crippen LogP contribution is 2.27. The van der Waals surface area contributed by atoms with Crippen LogP contribution in [0.25, 0.3) is 0 Å². The average molecular weight is 312 g/mol. The number of nitrogens with zero attached hydrogens (tertiary/aromatic N) is 2. The summed E-state index contributed by atoms with van der Waals surface area (Å²) < 4.78 is 46.7. The minimum atomic E-state index is -4.32. The number of rotatable bonds is 2. The second kappa shape index (κ2) is 4.40. The SMILES string of the molecule is N#Cc1c(Br)cc(C(F)F)nc1S(N)(=O)=O. The number of sulfonamides is 1. The number of primary sulfonamides is 1. The summed E-state index contributed by atoms with van der Waals surface area (Å²) in [7, 11) is -4.32. The zero-order chi connectivity index (χ0) is 12.5. The molecule has 1 aromatic heterocycles. The van der Waals surface area contributed by atoms with Crippen molar-refractivity contribution in [2.45, 2.75) is 11.5 Å². The van der Waals surface area contributed by atoms with Gasteiger partial charge < -0.3 is 0 Å². The summed E-state index contributed by atoms with van der Waals surface area (Å²) in [5, 5.41) is 12.6. The molecule has 16 heavy (non-hydrogen) atoms. The molecule has 9 heteroatoms. The first-order valence-electron chi connectivity index (χ1n) is 3.69. The molecule has 0 aliphatic rings. The van der Waals surface area contributed by atoms with Crippen molar-refractivity contribution in [2.75, 3.05) is 0 Å². The lowest BCUT2D eigenvalue weighted by atomic mass is 10.3. The predicted molar refractivity (Wildman–Crippen MR) is 53.0 cm³/mol. The quantitative estimate of drug-likeness (QED) is 0.890. The van der Waals surface area contributed by atoms with Crippen LogP contribution in [0.2, 0.25) is 0 Å². The monoisotopic (exact) mass is 311 g/mol. The fraction of sp³-hybridized carbons (Fsp3) is 0.143. The maximum absolute atomic E-state index is 12.3.